The third-order valence-corrected chi connectivity index (χ3v) is 7.86. The number of hydrogen-bond donors (Lipinski definition) is 1. The summed E-state index contributed by atoms with van der Waals surface area (Å²) in [5, 5.41) is 3.23. The number of likely N-dealkylation sites (N-methyl/N-ethyl adjacent to an activating group) is 1. The molecule has 9 nitrogen and oxygen atoms in total. The molecule has 1 aliphatic rings. The van der Waals surface area contributed by atoms with Gasteiger partial charge in [0.05, 0.1) is 17.4 Å². The van der Waals surface area contributed by atoms with Crippen LogP contribution in [0.15, 0.2) is 82.9 Å². The average molecular weight is 548 g/mol. The van der Waals surface area contributed by atoms with Crippen LogP contribution in [0.4, 0.5) is 17.2 Å². The first-order chi connectivity index (χ1) is 19.8. The molecule has 0 radical (unpaired) electrons. The van der Waals surface area contributed by atoms with Crippen LogP contribution in [0.5, 0.6) is 0 Å². The van der Waals surface area contributed by atoms with Crippen LogP contribution in [-0.2, 0) is 7.05 Å². The van der Waals surface area contributed by atoms with Crippen LogP contribution in [0.2, 0.25) is 0 Å². The Balaban J connectivity index is 1.33. The maximum Gasteiger partial charge on any atom is 0.274 e. The summed E-state index contributed by atoms with van der Waals surface area (Å²) in [6.07, 6.45) is 7.08. The number of hydrogen-bond acceptors (Lipinski definition) is 7. The van der Waals surface area contributed by atoms with E-state index in [9.17, 15) is 9.59 Å². The minimum absolute atomic E-state index is 0.121. The van der Waals surface area contributed by atoms with E-state index < -0.39 is 0 Å². The summed E-state index contributed by atoms with van der Waals surface area (Å²) >= 11 is 0. The third-order valence-electron chi connectivity index (χ3n) is 7.86. The van der Waals surface area contributed by atoms with Gasteiger partial charge in [0.25, 0.3) is 11.1 Å². The normalized spacial score (nSPS) is 14.0. The molecule has 5 aromatic rings. The Hall–Kier alpha value is -4.76. The largest absolute Gasteiger partial charge is 0.368 e. The summed E-state index contributed by atoms with van der Waals surface area (Å²) in [4.78, 5) is 40.2. The second-order valence-corrected chi connectivity index (χ2v) is 10.8. The molecule has 208 valence electrons. The number of rotatable bonds is 5. The van der Waals surface area contributed by atoms with Gasteiger partial charge in [-0.2, -0.15) is 0 Å². The summed E-state index contributed by atoms with van der Waals surface area (Å²) in [7, 11) is 3.87. The van der Waals surface area contributed by atoms with Gasteiger partial charge in [-0.1, -0.05) is 18.2 Å². The van der Waals surface area contributed by atoms with Gasteiger partial charge >= 0.3 is 0 Å². The highest BCUT2D eigenvalue weighted by atomic mass is 16.1. The van der Waals surface area contributed by atoms with Crippen LogP contribution in [0.3, 0.4) is 0 Å². The van der Waals surface area contributed by atoms with Crippen LogP contribution in [0, 0.1) is 13.8 Å². The summed E-state index contributed by atoms with van der Waals surface area (Å²) in [5.74, 6) is 0.605. The van der Waals surface area contributed by atoms with Crippen LogP contribution in [0.1, 0.15) is 11.1 Å². The number of anilines is 3. The van der Waals surface area contributed by atoms with E-state index in [2.05, 4.69) is 32.1 Å². The van der Waals surface area contributed by atoms with E-state index >= 15 is 0 Å². The van der Waals surface area contributed by atoms with E-state index in [0.29, 0.717) is 22.7 Å². The molecule has 4 aromatic heterocycles. The zero-order valence-corrected chi connectivity index (χ0v) is 23.8. The Bertz CT molecular complexity index is 1870. The number of nitrogens with one attached hydrogen (secondary N) is 1. The van der Waals surface area contributed by atoms with Crippen molar-refractivity contribution < 1.29 is 0 Å². The van der Waals surface area contributed by atoms with Crippen molar-refractivity contribution in [3.8, 4) is 22.3 Å². The lowest BCUT2D eigenvalue weighted by Gasteiger charge is -2.33. The molecule has 0 bridgehead atoms. The fourth-order valence-electron chi connectivity index (χ4n) is 5.40. The molecule has 0 unspecified atom stereocenters. The molecule has 1 N–H and O–H groups in total. The Labute approximate surface area is 238 Å². The molecule has 0 aliphatic carbocycles. The molecule has 0 spiro atoms. The third kappa shape index (κ3) is 5.12. The first kappa shape index (κ1) is 26.5. The Morgan fingerprint density at radius 1 is 0.805 bits per heavy atom. The molecule has 5 heterocycles. The molecule has 1 aromatic carbocycles. The molecule has 9 heteroatoms. The predicted octanol–water partition coefficient (Wildman–Crippen LogP) is 4.23. The van der Waals surface area contributed by atoms with Crippen LogP contribution < -0.4 is 21.3 Å². The minimum Gasteiger partial charge on any atom is -0.368 e. The molecule has 0 amide bonds. The summed E-state index contributed by atoms with van der Waals surface area (Å²) < 4.78 is 3.14. The number of piperazine rings is 1. The number of nitrogens with zero attached hydrogens (tertiary/aromatic N) is 6. The van der Waals surface area contributed by atoms with Crippen LogP contribution >= 0.6 is 0 Å². The topological polar surface area (TPSA) is 87.8 Å². The number of fused-ring (bicyclic) bond motifs is 1. The molecule has 0 saturated carbocycles. The minimum atomic E-state index is -0.153. The fraction of sp³-hybridized carbons (Fsp3) is 0.250. The lowest BCUT2D eigenvalue weighted by Crippen LogP contribution is -2.44. The molecule has 1 saturated heterocycles. The van der Waals surface area contributed by atoms with Crippen molar-refractivity contribution in [2.24, 2.45) is 7.05 Å². The number of benzene rings is 1. The van der Waals surface area contributed by atoms with Crippen molar-refractivity contribution in [3.05, 3.63) is 105 Å². The highest BCUT2D eigenvalue weighted by molar-refractivity contribution is 5.79. The van der Waals surface area contributed by atoms with E-state index in [1.165, 1.54) is 0 Å². The lowest BCUT2D eigenvalue weighted by atomic mass is 9.94. The summed E-state index contributed by atoms with van der Waals surface area (Å²) in [6.45, 7) is 7.94. The molecule has 6 rings (SSSR count). The second-order valence-electron chi connectivity index (χ2n) is 10.8. The van der Waals surface area contributed by atoms with E-state index in [1.807, 2.05) is 74.8 Å². The van der Waals surface area contributed by atoms with Crippen molar-refractivity contribution in [1.29, 1.82) is 0 Å². The van der Waals surface area contributed by atoms with E-state index in [-0.39, 0.29) is 11.1 Å². The standard InChI is InChI=1S/C32H33N7O2/c1-21-10-11-39-30(16-21)34-19-27(31(39)40)26-7-5-6-25(22(26)2)23-17-28(32(41)37(4)20-23)35-29-9-8-24(18-33-29)38-14-12-36(3)13-15-38/h5-11,16-20H,12-15H2,1-4H3,(H,33,35). The Kier molecular flexibility index (Phi) is 6.88. The maximum atomic E-state index is 13.4. The quantitative estimate of drug-likeness (QED) is 0.352. The van der Waals surface area contributed by atoms with Gasteiger partial charge < -0.3 is 19.7 Å². The van der Waals surface area contributed by atoms with Gasteiger partial charge in [0.1, 0.15) is 17.2 Å². The average Bonchev–Trinajstić information content (AvgIpc) is 2.97. The van der Waals surface area contributed by atoms with Crippen molar-refractivity contribution in [2.45, 2.75) is 13.8 Å². The van der Waals surface area contributed by atoms with Gasteiger partial charge in [-0.15, -0.1) is 0 Å². The zero-order valence-electron chi connectivity index (χ0n) is 23.8. The molecule has 1 fully saturated rings. The summed E-state index contributed by atoms with van der Waals surface area (Å²) in [5.41, 5.74) is 6.93. The van der Waals surface area contributed by atoms with Gasteiger partial charge in [0, 0.05) is 57.4 Å². The van der Waals surface area contributed by atoms with E-state index in [4.69, 9.17) is 0 Å². The molecular formula is C32H33N7O2. The van der Waals surface area contributed by atoms with E-state index in [0.717, 1.165) is 59.7 Å². The van der Waals surface area contributed by atoms with Crippen molar-refractivity contribution in [1.82, 2.24) is 23.8 Å². The smallest absolute Gasteiger partial charge is 0.274 e. The Morgan fingerprint density at radius 3 is 2.34 bits per heavy atom. The highest BCUT2D eigenvalue weighted by Gasteiger charge is 2.17. The zero-order chi connectivity index (χ0) is 28.7. The van der Waals surface area contributed by atoms with Crippen molar-refractivity contribution >= 4 is 22.8 Å². The fourth-order valence-corrected chi connectivity index (χ4v) is 5.40. The SMILES string of the molecule is Cc1ccn2c(=O)c(-c3cccc(-c4cc(Nc5ccc(N6CCN(C)CC6)cn5)c(=O)n(C)c4)c3C)cnc2c1. The van der Waals surface area contributed by atoms with E-state index in [1.54, 1.807) is 28.4 Å². The highest BCUT2D eigenvalue weighted by Crippen LogP contribution is 2.31. The van der Waals surface area contributed by atoms with Gasteiger partial charge in [0.15, 0.2) is 0 Å². The molecular weight excluding hydrogens is 514 g/mol. The van der Waals surface area contributed by atoms with Gasteiger partial charge in [-0.05, 0) is 73.5 Å². The van der Waals surface area contributed by atoms with Crippen molar-refractivity contribution in [3.63, 3.8) is 0 Å². The molecule has 0 atom stereocenters. The molecule has 41 heavy (non-hydrogen) atoms. The first-order valence-electron chi connectivity index (χ1n) is 13.7. The summed E-state index contributed by atoms with van der Waals surface area (Å²) in [6, 6.07) is 15.5. The lowest BCUT2D eigenvalue weighted by molar-refractivity contribution is 0.313. The number of aromatic nitrogens is 4. The second kappa shape index (κ2) is 10.7. The van der Waals surface area contributed by atoms with Gasteiger partial charge in [-0.25, -0.2) is 9.97 Å². The first-order valence-corrected chi connectivity index (χ1v) is 13.7. The van der Waals surface area contributed by atoms with Gasteiger partial charge in [0.2, 0.25) is 0 Å². The van der Waals surface area contributed by atoms with Gasteiger partial charge in [-0.3, -0.25) is 14.0 Å². The van der Waals surface area contributed by atoms with Crippen LogP contribution in [0.25, 0.3) is 27.9 Å². The number of aryl methyl sites for hydroxylation is 2. The predicted molar refractivity (Wildman–Crippen MR) is 164 cm³/mol. The Morgan fingerprint density at radius 2 is 1.59 bits per heavy atom. The molecule has 1 aliphatic heterocycles. The monoisotopic (exact) mass is 547 g/mol. The maximum absolute atomic E-state index is 13.4. The van der Waals surface area contributed by atoms with Crippen LogP contribution in [-0.4, -0.2) is 57.1 Å². The van der Waals surface area contributed by atoms with Crippen molar-refractivity contribution in [2.75, 3.05) is 43.4 Å². The number of pyridine rings is 3.